The van der Waals surface area contributed by atoms with Gasteiger partial charge in [-0.05, 0) is 25.0 Å². The summed E-state index contributed by atoms with van der Waals surface area (Å²) >= 11 is 1.45. The number of methoxy groups -OCH3 is 1. The summed E-state index contributed by atoms with van der Waals surface area (Å²) in [5, 5.41) is 5.43. The molecule has 1 heterocycles. The van der Waals surface area contributed by atoms with Crippen molar-refractivity contribution in [2.75, 3.05) is 18.2 Å². The summed E-state index contributed by atoms with van der Waals surface area (Å²) < 4.78 is 5.18. The third-order valence-electron chi connectivity index (χ3n) is 3.21. The van der Waals surface area contributed by atoms with Crippen LogP contribution in [0.15, 0.2) is 23.6 Å². The van der Waals surface area contributed by atoms with E-state index in [0.29, 0.717) is 28.0 Å². The zero-order valence-corrected chi connectivity index (χ0v) is 11.9. The Morgan fingerprint density at radius 3 is 3.00 bits per heavy atom. The zero-order chi connectivity index (χ0) is 14.1. The van der Waals surface area contributed by atoms with Crippen LogP contribution in [0.3, 0.4) is 0 Å². The number of anilines is 2. The smallest absolute Gasteiger partial charge is 0.261 e. The second-order valence-corrected chi connectivity index (χ2v) is 5.62. The molecule has 6 heteroatoms. The van der Waals surface area contributed by atoms with Crippen LogP contribution in [-0.4, -0.2) is 18.0 Å². The summed E-state index contributed by atoms with van der Waals surface area (Å²) in [6, 6.07) is 4.96. The second kappa shape index (κ2) is 5.13. The lowest BCUT2D eigenvalue weighted by Gasteiger charge is -2.08. The number of nitrogens with two attached hydrogens (primary N) is 1. The highest BCUT2D eigenvalue weighted by Crippen LogP contribution is 2.41. The maximum absolute atomic E-state index is 12.2. The Morgan fingerprint density at radius 2 is 2.30 bits per heavy atom. The number of ether oxygens (including phenoxy) is 1. The molecule has 1 fully saturated rings. The molecule has 104 valence electrons. The molecule has 5 nitrogen and oxygen atoms in total. The minimum Gasteiger partial charge on any atom is -0.496 e. The molecule has 1 aromatic heterocycles. The summed E-state index contributed by atoms with van der Waals surface area (Å²) in [5.74, 6) is 0.808. The van der Waals surface area contributed by atoms with E-state index < -0.39 is 0 Å². The first-order valence-electron chi connectivity index (χ1n) is 6.37. The lowest BCUT2D eigenvalue weighted by atomic mass is 10.1. The minimum absolute atomic E-state index is 0.237. The van der Waals surface area contributed by atoms with E-state index in [2.05, 4.69) is 10.3 Å². The van der Waals surface area contributed by atoms with E-state index >= 15 is 0 Å². The number of nitrogens with zero attached hydrogens (tertiary/aromatic N) is 1. The van der Waals surface area contributed by atoms with Crippen molar-refractivity contribution < 1.29 is 9.53 Å². The molecule has 3 N–H and O–H groups in total. The third kappa shape index (κ3) is 2.60. The van der Waals surface area contributed by atoms with Crippen LogP contribution in [0.2, 0.25) is 0 Å². The maximum Gasteiger partial charge on any atom is 0.261 e. The second-order valence-electron chi connectivity index (χ2n) is 4.77. The Bertz CT molecular complexity index is 650. The molecule has 1 aliphatic carbocycles. The number of thiazole rings is 1. The van der Waals surface area contributed by atoms with Gasteiger partial charge in [0.1, 0.15) is 5.75 Å². The summed E-state index contributed by atoms with van der Waals surface area (Å²) in [6.45, 7) is 0. The summed E-state index contributed by atoms with van der Waals surface area (Å²) in [5.41, 5.74) is 7.76. The molecule has 1 saturated carbocycles. The van der Waals surface area contributed by atoms with Crippen LogP contribution in [0.1, 0.15) is 34.8 Å². The predicted octanol–water partition coefficient (Wildman–Crippen LogP) is 2.86. The summed E-state index contributed by atoms with van der Waals surface area (Å²) in [6.07, 6.45) is 2.39. The first-order valence-corrected chi connectivity index (χ1v) is 7.25. The van der Waals surface area contributed by atoms with Crippen LogP contribution in [0.4, 0.5) is 10.8 Å². The molecule has 0 radical (unpaired) electrons. The molecule has 0 bridgehead atoms. The molecule has 0 saturated heterocycles. The van der Waals surface area contributed by atoms with Crippen LogP contribution < -0.4 is 15.8 Å². The van der Waals surface area contributed by atoms with Gasteiger partial charge in [0.2, 0.25) is 0 Å². The Balaban J connectivity index is 1.77. The SMILES string of the molecule is COc1cc(N)ccc1C(=O)Nc1nc(C2CC2)cs1. The van der Waals surface area contributed by atoms with E-state index in [1.165, 1.54) is 31.3 Å². The fourth-order valence-electron chi connectivity index (χ4n) is 1.97. The van der Waals surface area contributed by atoms with Gasteiger partial charge in [0.15, 0.2) is 5.13 Å². The lowest BCUT2D eigenvalue weighted by molar-refractivity contribution is 0.102. The number of rotatable bonds is 4. The van der Waals surface area contributed by atoms with Crippen molar-refractivity contribution in [1.29, 1.82) is 0 Å². The van der Waals surface area contributed by atoms with E-state index in [-0.39, 0.29) is 5.91 Å². The molecule has 0 spiro atoms. The first kappa shape index (κ1) is 12.9. The fraction of sp³-hybridized carbons (Fsp3) is 0.286. The lowest BCUT2D eigenvalue weighted by Crippen LogP contribution is -2.13. The topological polar surface area (TPSA) is 77.2 Å². The number of benzene rings is 1. The fourth-order valence-corrected chi connectivity index (χ4v) is 2.76. The van der Waals surface area contributed by atoms with E-state index in [4.69, 9.17) is 10.5 Å². The Morgan fingerprint density at radius 1 is 1.50 bits per heavy atom. The van der Waals surface area contributed by atoms with Crippen molar-refractivity contribution >= 4 is 28.1 Å². The highest BCUT2D eigenvalue weighted by molar-refractivity contribution is 7.14. The van der Waals surface area contributed by atoms with Crippen LogP contribution in [-0.2, 0) is 0 Å². The van der Waals surface area contributed by atoms with Gasteiger partial charge in [-0.2, -0.15) is 0 Å². The molecular weight excluding hydrogens is 274 g/mol. The number of amides is 1. The quantitative estimate of drug-likeness (QED) is 0.848. The molecule has 0 aliphatic heterocycles. The molecule has 2 aromatic rings. The van der Waals surface area contributed by atoms with Gasteiger partial charge in [-0.1, -0.05) is 0 Å². The summed E-state index contributed by atoms with van der Waals surface area (Å²) in [4.78, 5) is 16.7. The molecule has 1 aliphatic rings. The molecular formula is C14H15N3O2S. The van der Waals surface area contributed by atoms with Gasteiger partial charge in [0.05, 0.1) is 18.4 Å². The van der Waals surface area contributed by atoms with Crippen molar-refractivity contribution in [3.05, 3.63) is 34.8 Å². The number of nitrogens with one attached hydrogen (secondary N) is 1. The van der Waals surface area contributed by atoms with Gasteiger partial charge in [0.25, 0.3) is 5.91 Å². The average Bonchev–Trinajstić information content (AvgIpc) is 3.19. The number of aromatic nitrogens is 1. The monoisotopic (exact) mass is 289 g/mol. The molecule has 0 atom stereocenters. The van der Waals surface area contributed by atoms with Crippen molar-refractivity contribution in [1.82, 2.24) is 4.98 Å². The van der Waals surface area contributed by atoms with E-state index in [9.17, 15) is 4.79 Å². The molecule has 1 amide bonds. The van der Waals surface area contributed by atoms with Crippen LogP contribution >= 0.6 is 11.3 Å². The maximum atomic E-state index is 12.2. The van der Waals surface area contributed by atoms with Crippen LogP contribution in [0.25, 0.3) is 0 Å². The van der Waals surface area contributed by atoms with Crippen LogP contribution in [0, 0.1) is 0 Å². The van der Waals surface area contributed by atoms with E-state index in [1.54, 1.807) is 18.2 Å². The number of nitrogen functional groups attached to an aromatic ring is 1. The largest absolute Gasteiger partial charge is 0.496 e. The van der Waals surface area contributed by atoms with Gasteiger partial charge in [-0.25, -0.2) is 4.98 Å². The number of carbonyl (C=O) groups is 1. The normalized spacial score (nSPS) is 14.1. The van der Waals surface area contributed by atoms with Crippen molar-refractivity contribution in [2.45, 2.75) is 18.8 Å². The molecule has 1 aromatic carbocycles. The zero-order valence-electron chi connectivity index (χ0n) is 11.1. The van der Waals surface area contributed by atoms with E-state index in [0.717, 1.165) is 5.69 Å². The van der Waals surface area contributed by atoms with E-state index in [1.807, 2.05) is 5.38 Å². The van der Waals surface area contributed by atoms with Crippen molar-refractivity contribution in [3.8, 4) is 5.75 Å². The third-order valence-corrected chi connectivity index (χ3v) is 3.98. The Kier molecular flexibility index (Phi) is 3.31. The molecule has 3 rings (SSSR count). The Hall–Kier alpha value is -2.08. The predicted molar refractivity (Wildman–Crippen MR) is 79.4 cm³/mol. The van der Waals surface area contributed by atoms with Crippen molar-refractivity contribution in [3.63, 3.8) is 0 Å². The summed E-state index contributed by atoms with van der Waals surface area (Å²) in [7, 11) is 1.51. The Labute approximate surface area is 120 Å². The molecule has 0 unspecified atom stereocenters. The van der Waals surface area contributed by atoms with Gasteiger partial charge in [-0.15, -0.1) is 11.3 Å². The molecule has 20 heavy (non-hydrogen) atoms. The van der Waals surface area contributed by atoms with Crippen molar-refractivity contribution in [2.24, 2.45) is 0 Å². The standard InChI is InChI=1S/C14H15N3O2S/c1-19-12-6-9(15)4-5-10(12)13(18)17-14-16-11(7-20-14)8-2-3-8/h4-8H,2-3,15H2,1H3,(H,16,17,18). The van der Waals surface area contributed by atoms with Crippen LogP contribution in [0.5, 0.6) is 5.75 Å². The van der Waals surface area contributed by atoms with Gasteiger partial charge in [0, 0.05) is 23.1 Å². The minimum atomic E-state index is -0.237. The number of hydrogen-bond acceptors (Lipinski definition) is 5. The first-order chi connectivity index (χ1) is 9.67. The number of carbonyl (C=O) groups excluding carboxylic acids is 1. The highest BCUT2D eigenvalue weighted by Gasteiger charge is 2.26. The highest BCUT2D eigenvalue weighted by atomic mass is 32.1. The van der Waals surface area contributed by atoms with Gasteiger partial charge >= 0.3 is 0 Å². The van der Waals surface area contributed by atoms with Gasteiger partial charge < -0.3 is 10.5 Å². The van der Waals surface area contributed by atoms with Gasteiger partial charge in [-0.3, -0.25) is 10.1 Å². The number of hydrogen-bond donors (Lipinski definition) is 2. The average molecular weight is 289 g/mol.